The van der Waals surface area contributed by atoms with E-state index in [1.165, 1.54) is 20.1 Å². The van der Waals surface area contributed by atoms with Crippen LogP contribution in [0.3, 0.4) is 0 Å². The van der Waals surface area contributed by atoms with E-state index < -0.39 is 27.5 Å². The first kappa shape index (κ1) is 20.4. The second-order valence-electron chi connectivity index (χ2n) is 6.66. The molecule has 0 amide bonds. The Labute approximate surface area is 156 Å². The van der Waals surface area contributed by atoms with Crippen molar-refractivity contribution >= 4 is 28.7 Å². The van der Waals surface area contributed by atoms with Crippen LogP contribution in [0.1, 0.15) is 39.0 Å². The standard InChI is InChI=1S/C17H24N4O6/c1-11(17(22)27-3)18-13-9-15(19(2)12-7-5-4-6-8-12)16(21(25)26)10-14(13)20(23)24/h9-12,18H,4-8H2,1-3H3. The van der Waals surface area contributed by atoms with Gasteiger partial charge in [0.25, 0.3) is 11.4 Å². The number of carbonyl (C=O) groups excluding carboxylic acids is 1. The summed E-state index contributed by atoms with van der Waals surface area (Å²) in [5.74, 6) is -0.593. The summed E-state index contributed by atoms with van der Waals surface area (Å²) in [7, 11) is 2.98. The van der Waals surface area contributed by atoms with E-state index in [1.54, 1.807) is 7.05 Å². The first-order valence-corrected chi connectivity index (χ1v) is 8.80. The van der Waals surface area contributed by atoms with Crippen molar-refractivity contribution in [3.63, 3.8) is 0 Å². The summed E-state index contributed by atoms with van der Waals surface area (Å²) in [6.07, 6.45) is 5.04. The molecule has 0 radical (unpaired) electrons. The maximum absolute atomic E-state index is 11.7. The third-order valence-corrected chi connectivity index (χ3v) is 4.92. The number of rotatable bonds is 7. The Hall–Kier alpha value is -2.91. The molecule has 2 rings (SSSR count). The minimum atomic E-state index is -0.844. The third-order valence-electron chi connectivity index (χ3n) is 4.92. The van der Waals surface area contributed by atoms with E-state index in [4.69, 9.17) is 0 Å². The monoisotopic (exact) mass is 380 g/mol. The maximum Gasteiger partial charge on any atom is 0.327 e. The van der Waals surface area contributed by atoms with Gasteiger partial charge >= 0.3 is 5.97 Å². The summed E-state index contributed by atoms with van der Waals surface area (Å²) >= 11 is 0. The third kappa shape index (κ3) is 4.63. The van der Waals surface area contributed by atoms with Crippen LogP contribution in [0.15, 0.2) is 12.1 Å². The summed E-state index contributed by atoms with van der Waals surface area (Å²) in [4.78, 5) is 35.1. The highest BCUT2D eigenvalue weighted by molar-refractivity contribution is 5.83. The molecule has 148 valence electrons. The Kier molecular flexibility index (Phi) is 6.54. The van der Waals surface area contributed by atoms with Gasteiger partial charge in [0.15, 0.2) is 0 Å². The van der Waals surface area contributed by atoms with Crippen LogP contribution in [0.4, 0.5) is 22.7 Å². The van der Waals surface area contributed by atoms with Crippen LogP contribution in [0.2, 0.25) is 0 Å². The van der Waals surface area contributed by atoms with Crippen molar-refractivity contribution in [3.8, 4) is 0 Å². The average Bonchev–Trinajstić information content (AvgIpc) is 2.66. The zero-order valence-electron chi connectivity index (χ0n) is 15.6. The largest absolute Gasteiger partial charge is 0.467 e. The van der Waals surface area contributed by atoms with Gasteiger partial charge < -0.3 is 15.0 Å². The van der Waals surface area contributed by atoms with E-state index >= 15 is 0 Å². The highest BCUT2D eigenvalue weighted by Gasteiger charge is 2.30. The molecule has 0 spiro atoms. The molecule has 1 unspecified atom stereocenters. The van der Waals surface area contributed by atoms with E-state index in [0.29, 0.717) is 0 Å². The molecule has 10 nitrogen and oxygen atoms in total. The first-order chi connectivity index (χ1) is 12.8. The quantitative estimate of drug-likeness (QED) is 0.434. The number of nitro benzene ring substituents is 2. The van der Waals surface area contributed by atoms with Crippen molar-refractivity contribution in [1.29, 1.82) is 0 Å². The minimum absolute atomic E-state index is 0.0427. The van der Waals surface area contributed by atoms with Gasteiger partial charge in [-0.1, -0.05) is 19.3 Å². The second-order valence-corrected chi connectivity index (χ2v) is 6.66. The van der Waals surface area contributed by atoms with Crippen molar-refractivity contribution in [2.24, 2.45) is 0 Å². The van der Waals surface area contributed by atoms with Gasteiger partial charge in [0, 0.05) is 13.1 Å². The Bertz CT molecular complexity index is 732. The van der Waals surface area contributed by atoms with Gasteiger partial charge in [0.2, 0.25) is 0 Å². The molecule has 10 heteroatoms. The summed E-state index contributed by atoms with van der Waals surface area (Å²) in [5, 5.41) is 25.7. The van der Waals surface area contributed by atoms with Gasteiger partial charge in [0.05, 0.1) is 23.0 Å². The predicted molar refractivity (Wildman–Crippen MR) is 100 cm³/mol. The van der Waals surface area contributed by atoms with Crippen LogP contribution in [0, 0.1) is 20.2 Å². The number of benzene rings is 1. The molecule has 27 heavy (non-hydrogen) atoms. The topological polar surface area (TPSA) is 128 Å². The number of anilines is 2. The Morgan fingerprint density at radius 3 is 2.30 bits per heavy atom. The van der Waals surface area contributed by atoms with Gasteiger partial charge in [0.1, 0.15) is 17.4 Å². The lowest BCUT2D eigenvalue weighted by molar-refractivity contribution is -0.393. The van der Waals surface area contributed by atoms with Crippen molar-refractivity contribution < 1.29 is 19.4 Å². The van der Waals surface area contributed by atoms with E-state index in [2.05, 4.69) is 10.1 Å². The normalized spacial score (nSPS) is 15.7. The van der Waals surface area contributed by atoms with E-state index in [-0.39, 0.29) is 23.1 Å². The molecule has 1 aromatic rings. The summed E-state index contributed by atoms with van der Waals surface area (Å²) < 4.78 is 4.63. The molecular formula is C17H24N4O6. The predicted octanol–water partition coefficient (Wildman–Crippen LogP) is 3.25. The second kappa shape index (κ2) is 8.65. The van der Waals surface area contributed by atoms with Gasteiger partial charge in [-0.15, -0.1) is 0 Å². The zero-order chi connectivity index (χ0) is 20.1. The number of carbonyl (C=O) groups is 1. The number of hydrogen-bond acceptors (Lipinski definition) is 8. The van der Waals surface area contributed by atoms with Crippen LogP contribution in [0.25, 0.3) is 0 Å². The van der Waals surface area contributed by atoms with Gasteiger partial charge in [-0.3, -0.25) is 20.2 Å². The average molecular weight is 380 g/mol. The molecule has 0 saturated heterocycles. The number of esters is 1. The Morgan fingerprint density at radius 2 is 1.78 bits per heavy atom. The molecule has 0 aromatic heterocycles. The number of nitrogens with one attached hydrogen (secondary N) is 1. The summed E-state index contributed by atoms with van der Waals surface area (Å²) in [6.45, 7) is 1.50. The number of ether oxygens (including phenoxy) is 1. The van der Waals surface area contributed by atoms with Crippen LogP contribution in [-0.2, 0) is 9.53 Å². The number of nitrogens with zero attached hydrogens (tertiary/aromatic N) is 3. The fraction of sp³-hybridized carbons (Fsp3) is 0.588. The lowest BCUT2D eigenvalue weighted by atomic mass is 9.94. The fourth-order valence-electron chi connectivity index (χ4n) is 3.40. The van der Waals surface area contributed by atoms with Crippen LogP contribution < -0.4 is 10.2 Å². The van der Waals surface area contributed by atoms with E-state index in [9.17, 15) is 25.0 Å². The molecule has 1 N–H and O–H groups in total. The molecule has 1 atom stereocenters. The van der Waals surface area contributed by atoms with Gasteiger partial charge in [-0.25, -0.2) is 4.79 Å². The summed E-state index contributed by atoms with van der Waals surface area (Å²) in [6, 6.07) is 1.61. The lowest BCUT2D eigenvalue weighted by Crippen LogP contribution is -2.34. The molecule has 1 saturated carbocycles. The van der Waals surface area contributed by atoms with Crippen molar-refractivity contribution in [3.05, 3.63) is 32.4 Å². The molecule has 0 aliphatic heterocycles. The van der Waals surface area contributed by atoms with Crippen molar-refractivity contribution in [2.75, 3.05) is 24.4 Å². The van der Waals surface area contributed by atoms with Gasteiger partial charge in [-0.05, 0) is 25.8 Å². The molecule has 1 aliphatic rings. The molecule has 1 fully saturated rings. The number of nitro groups is 2. The Balaban J connectivity index is 2.49. The van der Waals surface area contributed by atoms with E-state index in [0.717, 1.165) is 38.2 Å². The lowest BCUT2D eigenvalue weighted by Gasteiger charge is -2.32. The number of hydrogen-bond donors (Lipinski definition) is 1. The Morgan fingerprint density at radius 1 is 1.19 bits per heavy atom. The maximum atomic E-state index is 11.7. The van der Waals surface area contributed by atoms with Crippen LogP contribution in [0.5, 0.6) is 0 Å². The van der Waals surface area contributed by atoms with Crippen molar-refractivity contribution in [1.82, 2.24) is 0 Å². The molecule has 0 bridgehead atoms. The molecular weight excluding hydrogens is 356 g/mol. The highest BCUT2D eigenvalue weighted by Crippen LogP contribution is 2.40. The molecule has 0 heterocycles. The smallest absolute Gasteiger partial charge is 0.327 e. The van der Waals surface area contributed by atoms with Crippen LogP contribution in [-0.4, -0.2) is 42.1 Å². The van der Waals surface area contributed by atoms with Crippen molar-refractivity contribution in [2.45, 2.75) is 51.1 Å². The minimum Gasteiger partial charge on any atom is -0.467 e. The van der Waals surface area contributed by atoms with Gasteiger partial charge in [-0.2, -0.15) is 0 Å². The SMILES string of the molecule is COC(=O)C(C)Nc1cc(N(C)C2CCCCC2)c([N+](=O)[O-])cc1[N+](=O)[O-]. The van der Waals surface area contributed by atoms with E-state index in [1.807, 2.05) is 4.90 Å². The van der Waals surface area contributed by atoms with Crippen LogP contribution >= 0.6 is 0 Å². The zero-order valence-corrected chi connectivity index (χ0v) is 15.6. The first-order valence-electron chi connectivity index (χ1n) is 8.80. The summed E-state index contributed by atoms with van der Waals surface area (Å²) in [5.41, 5.74) is -0.456. The number of methoxy groups -OCH3 is 1. The molecule has 1 aliphatic carbocycles. The fourth-order valence-corrected chi connectivity index (χ4v) is 3.40. The molecule has 1 aromatic carbocycles. The highest BCUT2D eigenvalue weighted by atomic mass is 16.6.